The third-order valence-electron chi connectivity index (χ3n) is 3.22. The van der Waals surface area contributed by atoms with Crippen molar-refractivity contribution in [1.29, 1.82) is 0 Å². The summed E-state index contributed by atoms with van der Waals surface area (Å²) in [7, 11) is 5.98. The first-order valence-corrected chi connectivity index (χ1v) is 6.56. The van der Waals surface area contributed by atoms with E-state index < -0.39 is 5.97 Å². The molecule has 2 rings (SSSR count). The number of hydrogen-bond donors (Lipinski definition) is 1. The molecule has 5 nitrogen and oxygen atoms in total. The van der Waals surface area contributed by atoms with E-state index in [1.54, 1.807) is 12.1 Å². The molecule has 0 atom stereocenters. The summed E-state index contributed by atoms with van der Waals surface area (Å²) in [5.74, 6) is -0.425. The van der Waals surface area contributed by atoms with Crippen molar-refractivity contribution in [1.82, 2.24) is 9.80 Å². The summed E-state index contributed by atoms with van der Waals surface area (Å²) in [5.41, 5.74) is 0.901. The van der Waals surface area contributed by atoms with Crippen LogP contribution in [0.3, 0.4) is 0 Å². The number of furan rings is 1. The Balaban J connectivity index is 2.25. The van der Waals surface area contributed by atoms with Crippen LogP contribution in [0.4, 0.5) is 0 Å². The lowest BCUT2D eigenvalue weighted by Gasteiger charge is -2.18. The quantitative estimate of drug-likeness (QED) is 0.876. The summed E-state index contributed by atoms with van der Waals surface area (Å²) in [4.78, 5) is 15.6. The molecule has 0 saturated carbocycles. The van der Waals surface area contributed by atoms with Gasteiger partial charge in [0.1, 0.15) is 16.9 Å². The SMILES string of the molecule is CN(C)CCN(C)Cc1oc2ccccc2c1C(=O)O. The van der Waals surface area contributed by atoms with Crippen LogP contribution in [0.25, 0.3) is 11.0 Å². The van der Waals surface area contributed by atoms with Gasteiger partial charge in [-0.25, -0.2) is 4.79 Å². The lowest BCUT2D eigenvalue weighted by molar-refractivity contribution is 0.0695. The topological polar surface area (TPSA) is 56.9 Å². The monoisotopic (exact) mass is 276 g/mol. The highest BCUT2D eigenvalue weighted by Crippen LogP contribution is 2.26. The van der Waals surface area contributed by atoms with E-state index in [1.807, 2.05) is 33.3 Å². The largest absolute Gasteiger partial charge is 0.478 e. The number of rotatable bonds is 6. The molecule has 0 aliphatic carbocycles. The number of benzene rings is 1. The molecule has 20 heavy (non-hydrogen) atoms. The summed E-state index contributed by atoms with van der Waals surface area (Å²) in [6.45, 7) is 2.26. The first kappa shape index (κ1) is 14.6. The van der Waals surface area contributed by atoms with Crippen LogP contribution in [0.5, 0.6) is 0 Å². The molecular weight excluding hydrogens is 256 g/mol. The van der Waals surface area contributed by atoms with Gasteiger partial charge in [-0.2, -0.15) is 0 Å². The van der Waals surface area contributed by atoms with Crippen LogP contribution in [0.15, 0.2) is 28.7 Å². The third-order valence-corrected chi connectivity index (χ3v) is 3.22. The number of carboxylic acids is 1. The second kappa shape index (κ2) is 6.07. The van der Waals surface area contributed by atoms with Gasteiger partial charge in [0.2, 0.25) is 0 Å². The molecule has 0 saturated heterocycles. The number of carboxylic acid groups (broad SMARTS) is 1. The summed E-state index contributed by atoms with van der Waals surface area (Å²) in [6.07, 6.45) is 0. The average Bonchev–Trinajstić information content (AvgIpc) is 2.74. The first-order chi connectivity index (χ1) is 9.49. The Kier molecular flexibility index (Phi) is 4.42. The van der Waals surface area contributed by atoms with Crippen molar-refractivity contribution in [2.24, 2.45) is 0 Å². The second-order valence-electron chi connectivity index (χ2n) is 5.24. The molecule has 1 aromatic carbocycles. The Morgan fingerprint density at radius 3 is 2.55 bits per heavy atom. The van der Waals surface area contributed by atoms with Gasteiger partial charge in [0.15, 0.2) is 0 Å². The van der Waals surface area contributed by atoms with Crippen LogP contribution in [-0.4, -0.2) is 55.1 Å². The van der Waals surface area contributed by atoms with E-state index in [4.69, 9.17) is 4.42 Å². The smallest absolute Gasteiger partial charge is 0.339 e. The summed E-state index contributed by atoms with van der Waals surface area (Å²) >= 11 is 0. The Morgan fingerprint density at radius 2 is 1.90 bits per heavy atom. The molecule has 0 spiro atoms. The van der Waals surface area contributed by atoms with Gasteiger partial charge in [-0.3, -0.25) is 4.90 Å². The Labute approximate surface area is 118 Å². The normalized spacial score (nSPS) is 11.7. The minimum absolute atomic E-state index is 0.275. The molecule has 0 unspecified atom stereocenters. The number of nitrogens with zero attached hydrogens (tertiary/aromatic N) is 2. The van der Waals surface area contributed by atoms with Gasteiger partial charge in [-0.15, -0.1) is 0 Å². The standard InChI is InChI=1S/C15H20N2O3/c1-16(2)8-9-17(3)10-13-14(15(18)19)11-6-4-5-7-12(11)20-13/h4-7H,8-10H2,1-3H3,(H,18,19). The van der Waals surface area contributed by atoms with Crippen molar-refractivity contribution >= 4 is 16.9 Å². The van der Waals surface area contributed by atoms with E-state index in [0.717, 1.165) is 13.1 Å². The average molecular weight is 276 g/mol. The molecule has 0 amide bonds. The van der Waals surface area contributed by atoms with E-state index in [0.29, 0.717) is 23.3 Å². The fourth-order valence-corrected chi connectivity index (χ4v) is 2.14. The van der Waals surface area contributed by atoms with E-state index in [1.165, 1.54) is 0 Å². The van der Waals surface area contributed by atoms with Gasteiger partial charge >= 0.3 is 5.97 Å². The zero-order chi connectivity index (χ0) is 14.7. The molecule has 108 valence electrons. The maximum atomic E-state index is 11.5. The van der Waals surface area contributed by atoms with Crippen molar-refractivity contribution < 1.29 is 14.3 Å². The maximum absolute atomic E-state index is 11.5. The summed E-state index contributed by atoms with van der Waals surface area (Å²) in [5, 5.41) is 10.1. The molecule has 0 radical (unpaired) electrons. The number of carbonyl (C=O) groups is 1. The molecule has 0 bridgehead atoms. The molecule has 0 fully saturated rings. The summed E-state index contributed by atoms with van der Waals surface area (Å²) < 4.78 is 5.70. The molecule has 1 aromatic heterocycles. The van der Waals surface area contributed by atoms with E-state index in [2.05, 4.69) is 9.80 Å². The molecule has 0 aliphatic heterocycles. The highest BCUT2D eigenvalue weighted by molar-refractivity contribution is 6.03. The van der Waals surface area contributed by atoms with Gasteiger partial charge < -0.3 is 14.4 Å². The van der Waals surface area contributed by atoms with Crippen molar-refractivity contribution in [3.63, 3.8) is 0 Å². The highest BCUT2D eigenvalue weighted by Gasteiger charge is 2.20. The van der Waals surface area contributed by atoms with Crippen LogP contribution in [0, 0.1) is 0 Å². The number of para-hydroxylation sites is 1. The first-order valence-electron chi connectivity index (χ1n) is 6.56. The zero-order valence-electron chi connectivity index (χ0n) is 12.1. The van der Waals surface area contributed by atoms with Crippen molar-refractivity contribution in [2.45, 2.75) is 6.54 Å². The molecule has 1 heterocycles. The van der Waals surface area contributed by atoms with Crippen molar-refractivity contribution in [3.8, 4) is 0 Å². The van der Waals surface area contributed by atoms with Crippen molar-refractivity contribution in [3.05, 3.63) is 35.6 Å². The molecule has 2 aromatic rings. The molecular formula is C15H20N2O3. The van der Waals surface area contributed by atoms with Gasteiger partial charge in [-0.05, 0) is 27.2 Å². The Morgan fingerprint density at radius 1 is 1.20 bits per heavy atom. The van der Waals surface area contributed by atoms with Crippen LogP contribution in [0.1, 0.15) is 16.1 Å². The van der Waals surface area contributed by atoms with Gasteiger partial charge in [0, 0.05) is 18.5 Å². The van der Waals surface area contributed by atoms with Crippen LogP contribution in [-0.2, 0) is 6.54 Å². The van der Waals surface area contributed by atoms with Gasteiger partial charge in [0.05, 0.1) is 6.54 Å². The molecule has 1 N–H and O–H groups in total. The van der Waals surface area contributed by atoms with Gasteiger partial charge in [0.25, 0.3) is 0 Å². The highest BCUT2D eigenvalue weighted by atomic mass is 16.4. The third kappa shape index (κ3) is 3.18. The Bertz CT molecular complexity index is 604. The second-order valence-corrected chi connectivity index (χ2v) is 5.24. The van der Waals surface area contributed by atoms with E-state index in [9.17, 15) is 9.90 Å². The minimum Gasteiger partial charge on any atom is -0.478 e. The summed E-state index contributed by atoms with van der Waals surface area (Å²) in [6, 6.07) is 7.25. The lowest BCUT2D eigenvalue weighted by atomic mass is 10.1. The van der Waals surface area contributed by atoms with Crippen LogP contribution < -0.4 is 0 Å². The van der Waals surface area contributed by atoms with E-state index in [-0.39, 0.29) is 5.56 Å². The maximum Gasteiger partial charge on any atom is 0.339 e. The van der Waals surface area contributed by atoms with Crippen molar-refractivity contribution in [2.75, 3.05) is 34.2 Å². The van der Waals surface area contributed by atoms with E-state index >= 15 is 0 Å². The lowest BCUT2D eigenvalue weighted by Crippen LogP contribution is -2.28. The predicted octanol–water partition coefficient (Wildman–Crippen LogP) is 2.12. The Hall–Kier alpha value is -1.85. The fourth-order valence-electron chi connectivity index (χ4n) is 2.14. The number of fused-ring (bicyclic) bond motifs is 1. The molecule has 5 heteroatoms. The fraction of sp³-hybridized carbons (Fsp3) is 0.400. The number of likely N-dealkylation sites (N-methyl/N-ethyl adjacent to an activating group) is 2. The van der Waals surface area contributed by atoms with Crippen LogP contribution in [0.2, 0.25) is 0 Å². The van der Waals surface area contributed by atoms with Gasteiger partial charge in [-0.1, -0.05) is 18.2 Å². The molecule has 0 aliphatic rings. The minimum atomic E-state index is -0.939. The zero-order valence-corrected chi connectivity index (χ0v) is 12.1. The predicted molar refractivity (Wildman–Crippen MR) is 78.1 cm³/mol. The van der Waals surface area contributed by atoms with Crippen LogP contribution >= 0.6 is 0 Å². The number of hydrogen-bond acceptors (Lipinski definition) is 4. The number of aromatic carboxylic acids is 1.